The predicted octanol–water partition coefficient (Wildman–Crippen LogP) is 7.32. The first-order valence-electron chi connectivity index (χ1n) is 10.00. The molecule has 0 saturated heterocycles. The summed E-state index contributed by atoms with van der Waals surface area (Å²) < 4.78 is 0. The van der Waals surface area contributed by atoms with E-state index in [0.29, 0.717) is 0 Å². The van der Waals surface area contributed by atoms with Crippen molar-refractivity contribution in [2.45, 2.75) is 77.6 Å². The number of rotatable bonds is 16. The van der Waals surface area contributed by atoms with Crippen LogP contribution < -0.4 is 0 Å². The van der Waals surface area contributed by atoms with Gasteiger partial charge in [-0.15, -0.1) is 5.73 Å². The molecule has 0 rings (SSSR count). The van der Waals surface area contributed by atoms with Crippen LogP contribution in [0.25, 0.3) is 0 Å². The number of hydrogen-bond donors (Lipinski definition) is 1. The summed E-state index contributed by atoms with van der Waals surface area (Å²) in [6, 6.07) is 0. The smallest absolute Gasteiger partial charge is 0.303 e. The SMILES string of the molecule is CC/C=C\CCCC/C=C\C/C=C\CC=C=C/C=C\CCCCC(=O)O. The summed E-state index contributed by atoms with van der Waals surface area (Å²) in [5.74, 6) is -0.712. The molecule has 144 valence electrons. The summed E-state index contributed by atoms with van der Waals surface area (Å²) in [5.41, 5.74) is 3.13. The Hall–Kier alpha value is -2.05. The van der Waals surface area contributed by atoms with E-state index in [-0.39, 0.29) is 6.42 Å². The molecule has 0 aliphatic rings. The zero-order valence-corrected chi connectivity index (χ0v) is 16.4. The van der Waals surface area contributed by atoms with Crippen molar-refractivity contribution >= 4 is 5.97 Å². The van der Waals surface area contributed by atoms with Gasteiger partial charge >= 0.3 is 5.97 Å². The van der Waals surface area contributed by atoms with Gasteiger partial charge in [0.2, 0.25) is 0 Å². The third-order valence-corrected chi connectivity index (χ3v) is 3.71. The maximum absolute atomic E-state index is 10.4. The fourth-order valence-corrected chi connectivity index (χ4v) is 2.26. The highest BCUT2D eigenvalue weighted by atomic mass is 16.4. The minimum atomic E-state index is -0.712. The van der Waals surface area contributed by atoms with E-state index in [9.17, 15) is 4.79 Å². The van der Waals surface area contributed by atoms with Crippen LogP contribution in [0.1, 0.15) is 77.6 Å². The second-order valence-electron chi connectivity index (χ2n) is 6.18. The average molecular weight is 357 g/mol. The van der Waals surface area contributed by atoms with E-state index in [2.05, 4.69) is 55.2 Å². The Kier molecular flexibility index (Phi) is 19.3. The van der Waals surface area contributed by atoms with Crippen LogP contribution in [-0.2, 0) is 4.79 Å². The van der Waals surface area contributed by atoms with Crippen molar-refractivity contribution in [1.29, 1.82) is 0 Å². The zero-order valence-electron chi connectivity index (χ0n) is 16.4. The lowest BCUT2D eigenvalue weighted by Crippen LogP contribution is -1.92. The quantitative estimate of drug-likeness (QED) is 0.136. The van der Waals surface area contributed by atoms with Crippen molar-refractivity contribution in [2.75, 3.05) is 0 Å². The summed E-state index contributed by atoms with van der Waals surface area (Å²) in [7, 11) is 0. The van der Waals surface area contributed by atoms with Gasteiger partial charge in [0.25, 0.3) is 0 Å². The number of aliphatic carboxylic acids is 1. The van der Waals surface area contributed by atoms with Gasteiger partial charge < -0.3 is 5.11 Å². The Morgan fingerprint density at radius 1 is 0.808 bits per heavy atom. The molecule has 0 bridgehead atoms. The van der Waals surface area contributed by atoms with Crippen molar-refractivity contribution in [1.82, 2.24) is 0 Å². The molecule has 0 aliphatic heterocycles. The molecule has 0 aromatic rings. The largest absolute Gasteiger partial charge is 0.481 e. The molecule has 2 heteroatoms. The van der Waals surface area contributed by atoms with E-state index in [0.717, 1.165) is 38.5 Å². The van der Waals surface area contributed by atoms with Crippen LogP contribution >= 0.6 is 0 Å². The summed E-state index contributed by atoms with van der Waals surface area (Å²) in [6.45, 7) is 2.17. The molecule has 0 unspecified atom stereocenters. The van der Waals surface area contributed by atoms with Gasteiger partial charge in [-0.25, -0.2) is 0 Å². The molecular formula is C24H36O2. The third-order valence-electron chi connectivity index (χ3n) is 3.71. The number of allylic oxidation sites excluding steroid dienone is 9. The van der Waals surface area contributed by atoms with Gasteiger partial charge in [-0.1, -0.05) is 55.5 Å². The lowest BCUT2D eigenvalue weighted by atomic mass is 10.1. The minimum Gasteiger partial charge on any atom is -0.481 e. The molecule has 0 aliphatic carbocycles. The molecule has 0 amide bonds. The van der Waals surface area contributed by atoms with Crippen LogP contribution in [0.2, 0.25) is 0 Å². The van der Waals surface area contributed by atoms with Crippen LogP contribution in [0.5, 0.6) is 0 Å². The molecule has 0 aromatic carbocycles. The lowest BCUT2D eigenvalue weighted by Gasteiger charge is -1.92. The van der Waals surface area contributed by atoms with E-state index < -0.39 is 5.97 Å². The number of carbonyl (C=O) groups is 1. The van der Waals surface area contributed by atoms with E-state index >= 15 is 0 Å². The molecule has 0 radical (unpaired) electrons. The highest BCUT2D eigenvalue weighted by molar-refractivity contribution is 5.66. The van der Waals surface area contributed by atoms with Crippen LogP contribution in [0.4, 0.5) is 0 Å². The standard InChI is InChI=1S/C24H36O2/c1-2-3-4-5-6-7-8-9-10-11-12-13-14-15-16-17-18-19-20-21-22-23-24(25)26/h3-4,9-10,12-13,15,17-19H,2,5-8,11,14,20-23H2,1H3,(H,25,26)/b4-3-,10-9-,13-12-,19-18-. The monoisotopic (exact) mass is 356 g/mol. The van der Waals surface area contributed by atoms with Crippen molar-refractivity contribution in [2.24, 2.45) is 0 Å². The van der Waals surface area contributed by atoms with Gasteiger partial charge in [0.05, 0.1) is 0 Å². The van der Waals surface area contributed by atoms with Gasteiger partial charge in [-0.2, -0.15) is 0 Å². The van der Waals surface area contributed by atoms with Crippen LogP contribution in [0, 0.1) is 0 Å². The second-order valence-corrected chi connectivity index (χ2v) is 6.18. The van der Waals surface area contributed by atoms with Gasteiger partial charge in [-0.05, 0) is 76.4 Å². The van der Waals surface area contributed by atoms with Crippen molar-refractivity contribution < 1.29 is 9.90 Å². The zero-order chi connectivity index (χ0) is 19.1. The van der Waals surface area contributed by atoms with E-state index in [1.807, 2.05) is 18.2 Å². The number of carboxylic acid groups (broad SMARTS) is 1. The Bertz CT molecular complexity index is 500. The molecule has 26 heavy (non-hydrogen) atoms. The topological polar surface area (TPSA) is 37.3 Å². The minimum absolute atomic E-state index is 0.266. The number of carboxylic acids is 1. The average Bonchev–Trinajstić information content (AvgIpc) is 2.62. The molecule has 1 N–H and O–H groups in total. The van der Waals surface area contributed by atoms with E-state index in [1.165, 1.54) is 25.7 Å². The molecular weight excluding hydrogens is 320 g/mol. The van der Waals surface area contributed by atoms with Crippen molar-refractivity contribution in [3.63, 3.8) is 0 Å². The van der Waals surface area contributed by atoms with Gasteiger partial charge in [0.15, 0.2) is 0 Å². The number of unbranched alkanes of at least 4 members (excludes halogenated alkanes) is 5. The predicted molar refractivity (Wildman–Crippen MR) is 113 cm³/mol. The first-order valence-corrected chi connectivity index (χ1v) is 10.00. The van der Waals surface area contributed by atoms with E-state index in [1.54, 1.807) is 0 Å². The Morgan fingerprint density at radius 2 is 1.42 bits per heavy atom. The van der Waals surface area contributed by atoms with Crippen molar-refractivity contribution in [3.8, 4) is 0 Å². The van der Waals surface area contributed by atoms with Crippen molar-refractivity contribution in [3.05, 3.63) is 66.5 Å². The van der Waals surface area contributed by atoms with Crippen LogP contribution in [0.3, 0.4) is 0 Å². The van der Waals surface area contributed by atoms with Crippen LogP contribution in [-0.4, -0.2) is 11.1 Å². The van der Waals surface area contributed by atoms with Crippen LogP contribution in [0.15, 0.2) is 66.5 Å². The van der Waals surface area contributed by atoms with Gasteiger partial charge in [0.1, 0.15) is 0 Å². The third kappa shape index (κ3) is 21.9. The Balaban J connectivity index is 3.52. The Morgan fingerprint density at radius 3 is 2.15 bits per heavy atom. The summed E-state index contributed by atoms with van der Waals surface area (Å²) in [4.78, 5) is 10.4. The van der Waals surface area contributed by atoms with Gasteiger partial charge in [-0.3, -0.25) is 4.79 Å². The fourth-order valence-electron chi connectivity index (χ4n) is 2.26. The molecule has 0 saturated carbocycles. The van der Waals surface area contributed by atoms with Gasteiger partial charge in [0, 0.05) is 6.42 Å². The second kappa shape index (κ2) is 21.0. The molecule has 0 atom stereocenters. The number of hydrogen-bond acceptors (Lipinski definition) is 1. The first-order chi connectivity index (χ1) is 12.8. The summed E-state index contributed by atoms with van der Waals surface area (Å²) in [5, 5.41) is 8.52. The Labute approximate surface area is 160 Å². The molecule has 0 spiro atoms. The molecule has 0 aromatic heterocycles. The first kappa shape index (κ1) is 23.9. The summed E-state index contributed by atoms with van der Waals surface area (Å²) >= 11 is 0. The maximum Gasteiger partial charge on any atom is 0.303 e. The molecule has 0 heterocycles. The highest BCUT2D eigenvalue weighted by Crippen LogP contribution is 2.03. The summed E-state index contributed by atoms with van der Waals surface area (Å²) in [6.07, 6.45) is 32.2. The normalized spacial score (nSPS) is 11.7. The molecule has 2 nitrogen and oxygen atoms in total. The maximum atomic E-state index is 10.4. The highest BCUT2D eigenvalue weighted by Gasteiger charge is 1.93. The van der Waals surface area contributed by atoms with E-state index in [4.69, 9.17) is 5.11 Å². The molecule has 0 fully saturated rings. The fraction of sp³-hybridized carbons (Fsp3) is 0.500. The lowest BCUT2D eigenvalue weighted by molar-refractivity contribution is -0.137.